The molecule has 0 amide bonds. The lowest BCUT2D eigenvalue weighted by Crippen LogP contribution is -2.33. The Morgan fingerprint density at radius 2 is 1.74 bits per heavy atom. The summed E-state index contributed by atoms with van der Waals surface area (Å²) in [5.74, 6) is 1.59. The summed E-state index contributed by atoms with van der Waals surface area (Å²) in [6.45, 7) is 2.46. The predicted octanol–water partition coefficient (Wildman–Crippen LogP) is 4.94. The van der Waals surface area contributed by atoms with Gasteiger partial charge in [0.2, 0.25) is 11.7 Å². The number of benzene rings is 3. The Kier molecular flexibility index (Phi) is 5.46. The lowest BCUT2D eigenvalue weighted by Gasteiger charge is -2.34. The molecular weight excluding hydrogens is 393 g/mol. The molecule has 0 spiro atoms. The number of ether oxygens (including phenoxy) is 1. The summed E-state index contributed by atoms with van der Waals surface area (Å²) >= 11 is 0. The summed E-state index contributed by atoms with van der Waals surface area (Å²) < 4.78 is 24.1. The molecule has 0 fully saturated rings. The zero-order valence-electron chi connectivity index (χ0n) is 16.9. The maximum Gasteiger partial charge on any atom is 0.240 e. The molecule has 6 heteroatoms. The average Bonchev–Trinajstić information content (AvgIpc) is 3.26. The summed E-state index contributed by atoms with van der Waals surface area (Å²) in [5.41, 5.74) is 4.00. The van der Waals surface area contributed by atoms with Crippen molar-refractivity contribution in [3.63, 3.8) is 0 Å². The van der Waals surface area contributed by atoms with Gasteiger partial charge in [-0.15, -0.1) is 0 Å². The van der Waals surface area contributed by atoms with Crippen LogP contribution in [0.15, 0.2) is 83.4 Å². The van der Waals surface area contributed by atoms with Gasteiger partial charge in [0.25, 0.3) is 0 Å². The van der Waals surface area contributed by atoms with Gasteiger partial charge in [-0.1, -0.05) is 59.8 Å². The molecule has 156 valence electrons. The molecule has 0 saturated heterocycles. The van der Waals surface area contributed by atoms with Gasteiger partial charge in [0.05, 0.1) is 6.54 Å². The summed E-state index contributed by atoms with van der Waals surface area (Å²) in [7, 11) is 0. The molecule has 1 aliphatic rings. The van der Waals surface area contributed by atoms with Gasteiger partial charge < -0.3 is 9.26 Å². The van der Waals surface area contributed by atoms with Crippen molar-refractivity contribution in [3.8, 4) is 5.75 Å². The zero-order chi connectivity index (χ0) is 21.0. The average molecular weight is 415 g/mol. The topological polar surface area (TPSA) is 51.4 Å². The number of hydrogen-bond acceptors (Lipinski definition) is 5. The normalized spacial score (nSPS) is 16.1. The van der Waals surface area contributed by atoms with Crippen LogP contribution in [0.25, 0.3) is 0 Å². The Balaban J connectivity index is 1.28. The summed E-state index contributed by atoms with van der Waals surface area (Å²) in [6.07, 6.45) is 0. The van der Waals surface area contributed by atoms with Crippen LogP contribution in [-0.4, -0.2) is 21.6 Å². The van der Waals surface area contributed by atoms with E-state index in [-0.39, 0.29) is 12.4 Å². The summed E-state index contributed by atoms with van der Waals surface area (Å²) in [4.78, 5) is 6.80. The van der Waals surface area contributed by atoms with Crippen LogP contribution in [0.2, 0.25) is 0 Å². The molecule has 0 saturated carbocycles. The van der Waals surface area contributed by atoms with Crippen LogP contribution in [0, 0.1) is 5.82 Å². The summed E-state index contributed by atoms with van der Waals surface area (Å²) in [5, 5.41) is 4.02. The molecule has 1 aliphatic heterocycles. The first-order valence-electron chi connectivity index (χ1n) is 10.3. The molecule has 0 bridgehead atoms. The first-order chi connectivity index (χ1) is 15.2. The monoisotopic (exact) mass is 415 g/mol. The molecule has 1 aromatic heterocycles. The summed E-state index contributed by atoms with van der Waals surface area (Å²) in [6, 6.07) is 25.0. The van der Waals surface area contributed by atoms with Gasteiger partial charge in [-0.3, -0.25) is 4.90 Å². The van der Waals surface area contributed by atoms with Gasteiger partial charge in [0.1, 0.15) is 11.6 Å². The quantitative estimate of drug-likeness (QED) is 0.447. The van der Waals surface area contributed by atoms with E-state index in [9.17, 15) is 4.39 Å². The zero-order valence-corrected chi connectivity index (χ0v) is 16.9. The minimum atomic E-state index is -0.300. The molecule has 1 atom stereocenters. The van der Waals surface area contributed by atoms with Crippen LogP contribution in [0.3, 0.4) is 0 Å². The minimum Gasteiger partial charge on any atom is -0.485 e. The Labute approximate surface area is 180 Å². The van der Waals surface area contributed by atoms with Gasteiger partial charge in [-0.05, 0) is 41.0 Å². The van der Waals surface area contributed by atoms with E-state index in [0.29, 0.717) is 29.9 Å². The number of aromatic nitrogens is 2. The third kappa shape index (κ3) is 4.49. The molecule has 4 aromatic rings. The van der Waals surface area contributed by atoms with Crippen LogP contribution < -0.4 is 4.74 Å². The second kappa shape index (κ2) is 8.70. The van der Waals surface area contributed by atoms with E-state index in [1.165, 1.54) is 28.8 Å². The number of nitrogens with zero attached hydrogens (tertiary/aromatic N) is 3. The molecule has 5 nitrogen and oxygen atoms in total. The number of halogens is 1. The highest BCUT2D eigenvalue weighted by molar-refractivity contribution is 5.40. The first kappa shape index (κ1) is 19.5. The molecular formula is C25H22FN3O2. The molecule has 0 radical (unpaired) electrons. The first-order valence-corrected chi connectivity index (χ1v) is 10.3. The van der Waals surface area contributed by atoms with Crippen LogP contribution in [0.4, 0.5) is 4.39 Å². The molecule has 3 aromatic carbocycles. The van der Waals surface area contributed by atoms with E-state index in [4.69, 9.17) is 9.26 Å². The van der Waals surface area contributed by atoms with Crippen LogP contribution >= 0.6 is 0 Å². The highest BCUT2D eigenvalue weighted by Gasteiger charge is 2.27. The minimum absolute atomic E-state index is 0.171. The van der Waals surface area contributed by atoms with Gasteiger partial charge in [0.15, 0.2) is 6.61 Å². The second-order valence-corrected chi connectivity index (χ2v) is 7.68. The van der Waals surface area contributed by atoms with Crippen LogP contribution in [0.1, 0.15) is 34.3 Å². The Bertz CT molecular complexity index is 1140. The fraction of sp³-hybridized carbons (Fsp3) is 0.200. The van der Waals surface area contributed by atoms with Gasteiger partial charge in [-0.2, -0.15) is 4.98 Å². The standard InChI is InChI=1S/C25H22FN3O2/c26-20-10-12-21(13-11-20)30-17-24-27-25(31-28-24)16-29-14-19-8-4-5-9-22(19)23(15-29)18-6-2-1-3-7-18/h1-13,23H,14-17H2/t23-/m1/s1. The Hall–Kier alpha value is -3.51. The predicted molar refractivity (Wildman–Crippen MR) is 114 cm³/mol. The van der Waals surface area contributed by atoms with Crippen LogP contribution in [-0.2, 0) is 19.7 Å². The second-order valence-electron chi connectivity index (χ2n) is 7.68. The highest BCUT2D eigenvalue weighted by Crippen LogP contribution is 2.33. The van der Waals surface area contributed by atoms with Gasteiger partial charge in [-0.25, -0.2) is 4.39 Å². The molecule has 0 aliphatic carbocycles. The van der Waals surface area contributed by atoms with Crippen molar-refractivity contribution in [2.24, 2.45) is 0 Å². The fourth-order valence-corrected chi connectivity index (χ4v) is 4.05. The Morgan fingerprint density at radius 3 is 2.58 bits per heavy atom. The van der Waals surface area contributed by atoms with Gasteiger partial charge >= 0.3 is 0 Å². The van der Waals surface area contributed by atoms with Crippen molar-refractivity contribution < 1.29 is 13.7 Å². The largest absolute Gasteiger partial charge is 0.485 e. The third-order valence-corrected chi connectivity index (χ3v) is 5.52. The van der Waals surface area contributed by atoms with Crippen molar-refractivity contribution >= 4 is 0 Å². The highest BCUT2D eigenvalue weighted by atomic mass is 19.1. The van der Waals surface area contributed by atoms with E-state index in [2.05, 4.69) is 63.6 Å². The Morgan fingerprint density at radius 1 is 0.968 bits per heavy atom. The smallest absolute Gasteiger partial charge is 0.240 e. The third-order valence-electron chi connectivity index (χ3n) is 5.52. The number of rotatable bonds is 6. The fourth-order valence-electron chi connectivity index (χ4n) is 4.05. The van der Waals surface area contributed by atoms with Gasteiger partial charge in [0, 0.05) is 19.0 Å². The van der Waals surface area contributed by atoms with Crippen molar-refractivity contribution in [2.45, 2.75) is 25.6 Å². The van der Waals surface area contributed by atoms with Crippen molar-refractivity contribution in [1.82, 2.24) is 15.0 Å². The maximum absolute atomic E-state index is 13.0. The number of fused-ring (bicyclic) bond motifs is 1. The van der Waals surface area contributed by atoms with Crippen LogP contribution in [0.5, 0.6) is 5.75 Å². The molecule has 5 rings (SSSR count). The van der Waals surface area contributed by atoms with E-state index < -0.39 is 0 Å². The van der Waals surface area contributed by atoms with E-state index >= 15 is 0 Å². The lowest BCUT2D eigenvalue weighted by atomic mass is 9.85. The number of hydrogen-bond donors (Lipinski definition) is 0. The van der Waals surface area contributed by atoms with Crippen molar-refractivity contribution in [1.29, 1.82) is 0 Å². The molecule has 0 N–H and O–H groups in total. The SMILES string of the molecule is Fc1ccc(OCc2noc(CN3Cc4ccccc4[C@@H](c4ccccc4)C3)n2)cc1. The van der Waals surface area contributed by atoms with E-state index in [0.717, 1.165) is 13.1 Å². The van der Waals surface area contributed by atoms with Crippen molar-refractivity contribution in [2.75, 3.05) is 6.54 Å². The van der Waals surface area contributed by atoms with E-state index in [1.807, 2.05) is 6.07 Å². The van der Waals surface area contributed by atoms with Crippen molar-refractivity contribution in [3.05, 3.63) is 113 Å². The maximum atomic E-state index is 13.0. The molecule has 31 heavy (non-hydrogen) atoms. The molecule has 0 unspecified atom stereocenters. The van der Waals surface area contributed by atoms with E-state index in [1.54, 1.807) is 12.1 Å². The molecule has 2 heterocycles. The lowest BCUT2D eigenvalue weighted by molar-refractivity contribution is 0.200.